The third kappa shape index (κ3) is 4.08. The van der Waals surface area contributed by atoms with E-state index in [1.165, 1.54) is 22.2 Å². The van der Waals surface area contributed by atoms with E-state index in [0.717, 1.165) is 48.9 Å². The molecule has 0 saturated carbocycles. The fourth-order valence-corrected chi connectivity index (χ4v) is 5.40. The van der Waals surface area contributed by atoms with E-state index in [0.29, 0.717) is 16.8 Å². The van der Waals surface area contributed by atoms with Gasteiger partial charge >= 0.3 is 0 Å². The second kappa shape index (κ2) is 7.91. The van der Waals surface area contributed by atoms with Gasteiger partial charge in [0.25, 0.3) is 5.56 Å². The number of unbranched alkanes of at least 4 members (excludes halogenated alkanes) is 1. The highest BCUT2D eigenvalue weighted by atomic mass is 32.2. The van der Waals surface area contributed by atoms with E-state index >= 15 is 0 Å². The van der Waals surface area contributed by atoms with Crippen molar-refractivity contribution in [1.82, 2.24) is 14.9 Å². The van der Waals surface area contributed by atoms with Crippen molar-refractivity contribution >= 4 is 39.2 Å². The van der Waals surface area contributed by atoms with Gasteiger partial charge in [-0.1, -0.05) is 32.0 Å². The predicted molar refractivity (Wildman–Crippen MR) is 105 cm³/mol. The fraction of sp³-hybridized carbons (Fsp3) is 0.611. The third-order valence-electron chi connectivity index (χ3n) is 4.75. The summed E-state index contributed by atoms with van der Waals surface area (Å²) in [5.74, 6) is 1.04. The van der Waals surface area contributed by atoms with E-state index in [1.807, 2.05) is 7.05 Å². The SMILES string of the molecule is CCCCN(C)C(=O)CSc1nc2sc3c(c2c(=O)[nH]1)CCC(C)C3. The minimum absolute atomic E-state index is 0.0636. The number of thioether (sulfide) groups is 1. The highest BCUT2D eigenvalue weighted by Gasteiger charge is 2.23. The van der Waals surface area contributed by atoms with Crippen LogP contribution in [0.3, 0.4) is 0 Å². The van der Waals surface area contributed by atoms with Gasteiger partial charge in [0.05, 0.1) is 11.1 Å². The number of thiophene rings is 1. The Labute approximate surface area is 156 Å². The molecule has 1 N–H and O–H groups in total. The van der Waals surface area contributed by atoms with Gasteiger partial charge in [-0.15, -0.1) is 11.3 Å². The lowest BCUT2D eigenvalue weighted by molar-refractivity contribution is -0.127. The number of nitrogens with one attached hydrogen (secondary N) is 1. The average Bonchev–Trinajstić information content (AvgIpc) is 2.95. The van der Waals surface area contributed by atoms with Gasteiger partial charge in [0.1, 0.15) is 4.83 Å². The zero-order valence-corrected chi connectivity index (χ0v) is 16.7. The zero-order valence-electron chi connectivity index (χ0n) is 15.1. The van der Waals surface area contributed by atoms with Gasteiger partial charge in [0, 0.05) is 18.5 Å². The summed E-state index contributed by atoms with van der Waals surface area (Å²) in [6, 6.07) is 0. The minimum Gasteiger partial charge on any atom is -0.345 e. The summed E-state index contributed by atoms with van der Waals surface area (Å²) in [6.45, 7) is 5.14. The average molecular weight is 380 g/mol. The molecule has 0 spiro atoms. The maximum atomic E-state index is 12.5. The molecule has 0 saturated heterocycles. The molecule has 7 heteroatoms. The molecule has 0 aromatic carbocycles. The summed E-state index contributed by atoms with van der Waals surface area (Å²) in [7, 11) is 1.83. The van der Waals surface area contributed by atoms with Crippen molar-refractivity contribution in [2.24, 2.45) is 5.92 Å². The van der Waals surface area contributed by atoms with Crippen molar-refractivity contribution in [3.8, 4) is 0 Å². The van der Waals surface area contributed by atoms with E-state index in [-0.39, 0.29) is 11.5 Å². The lowest BCUT2D eigenvalue weighted by Gasteiger charge is -2.17. The number of nitrogens with zero attached hydrogens (tertiary/aromatic N) is 2. The second-order valence-electron chi connectivity index (χ2n) is 6.86. The van der Waals surface area contributed by atoms with Crippen LogP contribution in [0.4, 0.5) is 0 Å². The molecule has 1 aliphatic carbocycles. The molecular weight excluding hydrogens is 354 g/mol. The number of rotatable bonds is 6. The molecular formula is C18H25N3O2S2. The van der Waals surface area contributed by atoms with Gasteiger partial charge in [-0.3, -0.25) is 9.59 Å². The molecule has 0 bridgehead atoms. The maximum Gasteiger partial charge on any atom is 0.260 e. The number of aromatic nitrogens is 2. The van der Waals surface area contributed by atoms with Crippen LogP contribution in [0, 0.1) is 5.92 Å². The summed E-state index contributed by atoms with van der Waals surface area (Å²) in [6.07, 6.45) is 5.21. The predicted octanol–water partition coefficient (Wildman–Crippen LogP) is 3.46. The smallest absolute Gasteiger partial charge is 0.260 e. The molecule has 3 rings (SSSR count). The van der Waals surface area contributed by atoms with Crippen molar-refractivity contribution in [3.63, 3.8) is 0 Å². The first-order valence-electron chi connectivity index (χ1n) is 8.91. The van der Waals surface area contributed by atoms with E-state index in [4.69, 9.17) is 0 Å². The first-order valence-corrected chi connectivity index (χ1v) is 10.7. The summed E-state index contributed by atoms with van der Waals surface area (Å²) in [5, 5.41) is 1.31. The van der Waals surface area contributed by atoms with Crippen LogP contribution in [-0.4, -0.2) is 40.1 Å². The lowest BCUT2D eigenvalue weighted by Crippen LogP contribution is -2.29. The molecule has 0 aliphatic heterocycles. The molecule has 2 aromatic rings. The van der Waals surface area contributed by atoms with Crippen LogP contribution in [0.25, 0.3) is 10.2 Å². The number of aromatic amines is 1. The van der Waals surface area contributed by atoms with Crippen LogP contribution in [0.2, 0.25) is 0 Å². The maximum absolute atomic E-state index is 12.5. The van der Waals surface area contributed by atoms with Crippen molar-refractivity contribution < 1.29 is 4.79 Å². The lowest BCUT2D eigenvalue weighted by atomic mass is 9.89. The Balaban J connectivity index is 1.75. The number of aryl methyl sites for hydroxylation is 1. The highest BCUT2D eigenvalue weighted by molar-refractivity contribution is 7.99. The first-order chi connectivity index (χ1) is 12.0. The number of carbonyl (C=O) groups excluding carboxylic acids is 1. The zero-order chi connectivity index (χ0) is 18.0. The largest absolute Gasteiger partial charge is 0.345 e. The molecule has 0 radical (unpaired) electrons. The van der Waals surface area contributed by atoms with E-state index in [2.05, 4.69) is 23.8 Å². The van der Waals surface area contributed by atoms with Crippen LogP contribution < -0.4 is 5.56 Å². The summed E-state index contributed by atoms with van der Waals surface area (Å²) < 4.78 is 0. The van der Waals surface area contributed by atoms with E-state index < -0.39 is 0 Å². The molecule has 1 unspecified atom stereocenters. The Bertz CT molecular complexity index is 828. The standard InChI is InChI=1S/C18H25N3O2S2/c1-4-5-8-21(3)14(22)10-24-18-19-16(23)15-12-7-6-11(2)9-13(12)25-17(15)20-18/h11H,4-10H2,1-3H3,(H,19,20,23). The number of hydrogen-bond donors (Lipinski definition) is 1. The van der Waals surface area contributed by atoms with Crippen molar-refractivity contribution in [2.45, 2.75) is 51.1 Å². The normalized spacial score (nSPS) is 16.8. The summed E-state index contributed by atoms with van der Waals surface area (Å²) in [4.78, 5) is 36.0. The van der Waals surface area contributed by atoms with Crippen molar-refractivity contribution in [1.29, 1.82) is 0 Å². The van der Waals surface area contributed by atoms with Gasteiger partial charge in [-0.2, -0.15) is 0 Å². The fourth-order valence-electron chi connectivity index (χ4n) is 3.16. The summed E-state index contributed by atoms with van der Waals surface area (Å²) in [5.41, 5.74) is 1.13. The molecule has 1 atom stereocenters. The molecule has 136 valence electrons. The van der Waals surface area contributed by atoms with Crippen molar-refractivity contribution in [3.05, 3.63) is 20.8 Å². The van der Waals surface area contributed by atoms with Gasteiger partial charge in [-0.05, 0) is 37.2 Å². The number of hydrogen-bond acceptors (Lipinski definition) is 5. The molecule has 2 heterocycles. The molecule has 25 heavy (non-hydrogen) atoms. The van der Waals surface area contributed by atoms with Crippen LogP contribution in [0.15, 0.2) is 9.95 Å². The Morgan fingerprint density at radius 3 is 3.04 bits per heavy atom. The number of amides is 1. The Hall–Kier alpha value is -1.34. The number of carbonyl (C=O) groups is 1. The van der Waals surface area contributed by atoms with Crippen LogP contribution in [0.1, 0.15) is 43.6 Å². The van der Waals surface area contributed by atoms with Crippen LogP contribution in [0.5, 0.6) is 0 Å². The van der Waals surface area contributed by atoms with E-state index in [1.54, 1.807) is 16.2 Å². The Morgan fingerprint density at radius 1 is 1.48 bits per heavy atom. The number of fused-ring (bicyclic) bond motifs is 3. The minimum atomic E-state index is -0.0636. The first kappa shape index (κ1) is 18.5. The molecule has 5 nitrogen and oxygen atoms in total. The molecule has 1 amide bonds. The monoisotopic (exact) mass is 379 g/mol. The summed E-state index contributed by atoms with van der Waals surface area (Å²) >= 11 is 2.96. The van der Waals surface area contributed by atoms with Gasteiger partial charge < -0.3 is 9.88 Å². The quantitative estimate of drug-likeness (QED) is 0.617. The molecule has 1 aliphatic rings. The Kier molecular flexibility index (Phi) is 5.84. The topological polar surface area (TPSA) is 66.1 Å². The van der Waals surface area contributed by atoms with Crippen molar-refractivity contribution in [2.75, 3.05) is 19.3 Å². The highest BCUT2D eigenvalue weighted by Crippen LogP contribution is 2.36. The van der Waals surface area contributed by atoms with E-state index in [9.17, 15) is 9.59 Å². The Morgan fingerprint density at radius 2 is 2.28 bits per heavy atom. The molecule has 0 fully saturated rings. The number of H-pyrrole nitrogens is 1. The molecule has 2 aromatic heterocycles. The van der Waals surface area contributed by atoms with Gasteiger partial charge in [0.2, 0.25) is 5.91 Å². The third-order valence-corrected chi connectivity index (χ3v) is 6.76. The van der Waals surface area contributed by atoms with Gasteiger partial charge in [0.15, 0.2) is 5.16 Å². The second-order valence-corrected chi connectivity index (χ2v) is 8.91. The van der Waals surface area contributed by atoms with Crippen LogP contribution in [-0.2, 0) is 17.6 Å². The van der Waals surface area contributed by atoms with Crippen LogP contribution >= 0.6 is 23.1 Å². The van der Waals surface area contributed by atoms with Gasteiger partial charge in [-0.25, -0.2) is 4.98 Å².